The monoisotopic (exact) mass is 127 g/mol. The van der Waals surface area contributed by atoms with E-state index in [2.05, 4.69) is 0 Å². The zero-order chi connectivity index (χ0) is 6.85. The molecule has 1 rings (SSSR count). The minimum atomic E-state index is -0.953. The van der Waals surface area contributed by atoms with Gasteiger partial charge in [0.05, 0.1) is 18.4 Å². The second-order valence-corrected chi connectivity index (χ2v) is 2.16. The molecule has 1 saturated carbocycles. The maximum absolute atomic E-state index is 12.0. The molecule has 1 aliphatic carbocycles. The van der Waals surface area contributed by atoms with Gasteiger partial charge in [0.25, 0.3) is 0 Å². The van der Waals surface area contributed by atoms with Crippen molar-refractivity contribution >= 4 is 5.78 Å². The summed E-state index contributed by atoms with van der Waals surface area (Å²) >= 11 is 0. The van der Waals surface area contributed by atoms with E-state index in [9.17, 15) is 9.18 Å². The first-order valence-corrected chi connectivity index (χ1v) is 2.79. The average molecular weight is 127 g/mol. The van der Waals surface area contributed by atoms with Crippen LogP contribution in [0.4, 0.5) is 4.39 Å². The normalized spacial score (nSPS) is 31.1. The molecule has 9 heavy (non-hydrogen) atoms. The molecule has 2 unspecified atom stereocenters. The molecular formula is C6H6FNO. The van der Waals surface area contributed by atoms with Crippen molar-refractivity contribution in [3.63, 3.8) is 0 Å². The molecule has 0 aromatic carbocycles. The van der Waals surface area contributed by atoms with Crippen molar-refractivity contribution in [3.05, 3.63) is 0 Å². The molecular weight excluding hydrogens is 121 g/mol. The average Bonchev–Trinajstić information content (AvgIpc) is 2.47. The molecule has 0 amide bonds. The number of hydrogen-bond donors (Lipinski definition) is 0. The van der Waals surface area contributed by atoms with E-state index in [1.165, 1.54) is 0 Å². The van der Waals surface area contributed by atoms with Crippen molar-refractivity contribution in [1.29, 1.82) is 5.26 Å². The number of nitriles is 1. The van der Waals surface area contributed by atoms with Crippen molar-refractivity contribution < 1.29 is 9.18 Å². The van der Waals surface area contributed by atoms with Gasteiger partial charge in [-0.1, -0.05) is 0 Å². The van der Waals surface area contributed by atoms with Crippen LogP contribution in [-0.2, 0) is 4.79 Å². The van der Waals surface area contributed by atoms with E-state index in [0.29, 0.717) is 6.42 Å². The van der Waals surface area contributed by atoms with Gasteiger partial charge in [0.15, 0.2) is 5.78 Å². The number of alkyl halides is 1. The Hall–Kier alpha value is -0.910. The third kappa shape index (κ3) is 1.26. The van der Waals surface area contributed by atoms with Crippen molar-refractivity contribution in [2.24, 2.45) is 5.92 Å². The quantitative estimate of drug-likeness (QED) is 0.551. The predicted molar refractivity (Wildman–Crippen MR) is 28.2 cm³/mol. The molecule has 2 atom stereocenters. The van der Waals surface area contributed by atoms with Crippen LogP contribution in [0, 0.1) is 17.2 Å². The molecule has 0 N–H and O–H groups in total. The van der Waals surface area contributed by atoms with Crippen LogP contribution in [0.5, 0.6) is 0 Å². The third-order valence-corrected chi connectivity index (χ3v) is 1.38. The van der Waals surface area contributed by atoms with Gasteiger partial charge in [0.1, 0.15) is 6.17 Å². The van der Waals surface area contributed by atoms with Crippen molar-refractivity contribution in [1.82, 2.24) is 0 Å². The lowest BCUT2D eigenvalue weighted by Crippen LogP contribution is -2.00. The Morgan fingerprint density at radius 2 is 2.44 bits per heavy atom. The predicted octanol–water partition coefficient (Wildman–Crippen LogP) is 0.827. The summed E-state index contributed by atoms with van der Waals surface area (Å²) in [6.45, 7) is 0. The zero-order valence-corrected chi connectivity index (χ0v) is 4.80. The molecule has 0 saturated heterocycles. The van der Waals surface area contributed by atoms with Crippen LogP contribution in [0.15, 0.2) is 0 Å². The molecule has 1 aliphatic rings. The van der Waals surface area contributed by atoms with E-state index in [1.807, 2.05) is 0 Å². The molecule has 0 spiro atoms. The second kappa shape index (κ2) is 2.14. The summed E-state index contributed by atoms with van der Waals surface area (Å²) in [5, 5.41) is 8.01. The number of hydrogen-bond acceptors (Lipinski definition) is 2. The summed E-state index contributed by atoms with van der Waals surface area (Å²) < 4.78 is 12.0. The van der Waals surface area contributed by atoms with Crippen LogP contribution >= 0.6 is 0 Å². The number of carbonyl (C=O) groups excluding carboxylic acids is 1. The molecule has 0 bridgehead atoms. The highest BCUT2D eigenvalue weighted by atomic mass is 19.1. The summed E-state index contributed by atoms with van der Waals surface area (Å²) in [4.78, 5) is 10.6. The van der Waals surface area contributed by atoms with Crippen LogP contribution < -0.4 is 0 Å². The summed E-state index contributed by atoms with van der Waals surface area (Å²) in [5.41, 5.74) is 0. The van der Waals surface area contributed by atoms with E-state index in [0.717, 1.165) is 0 Å². The van der Waals surface area contributed by atoms with Gasteiger partial charge in [-0.2, -0.15) is 5.26 Å². The molecule has 1 fully saturated rings. The van der Waals surface area contributed by atoms with Crippen LogP contribution in [0.2, 0.25) is 0 Å². The Morgan fingerprint density at radius 3 is 2.78 bits per heavy atom. The Labute approximate surface area is 52.3 Å². The third-order valence-electron chi connectivity index (χ3n) is 1.38. The number of carbonyl (C=O) groups is 1. The first-order valence-electron chi connectivity index (χ1n) is 2.79. The van der Waals surface area contributed by atoms with Gasteiger partial charge in [-0.25, -0.2) is 4.39 Å². The topological polar surface area (TPSA) is 40.9 Å². The van der Waals surface area contributed by atoms with Crippen molar-refractivity contribution in [2.45, 2.75) is 19.0 Å². The van der Waals surface area contributed by atoms with E-state index < -0.39 is 12.1 Å². The van der Waals surface area contributed by atoms with E-state index in [-0.39, 0.29) is 12.2 Å². The minimum Gasteiger partial charge on any atom is -0.298 e. The van der Waals surface area contributed by atoms with Crippen LogP contribution in [0.1, 0.15) is 12.8 Å². The highest BCUT2D eigenvalue weighted by Gasteiger charge is 2.42. The maximum Gasteiger partial charge on any atom is 0.152 e. The van der Waals surface area contributed by atoms with Crippen molar-refractivity contribution in [2.75, 3.05) is 0 Å². The fourth-order valence-electron chi connectivity index (χ4n) is 0.706. The lowest BCUT2D eigenvalue weighted by atomic mass is 10.2. The number of halogens is 1. The number of rotatable bonds is 2. The molecule has 0 aliphatic heterocycles. The summed E-state index contributed by atoms with van der Waals surface area (Å²) in [7, 11) is 0. The minimum absolute atomic E-state index is 0.134. The molecule has 2 nitrogen and oxygen atoms in total. The Kier molecular flexibility index (Phi) is 1.48. The molecule has 0 radical (unpaired) electrons. The largest absolute Gasteiger partial charge is 0.298 e. The highest BCUT2D eigenvalue weighted by Crippen LogP contribution is 2.35. The highest BCUT2D eigenvalue weighted by molar-refractivity contribution is 5.85. The Bertz CT molecular complexity index is 172. The fraction of sp³-hybridized carbons (Fsp3) is 0.667. The number of nitrogens with zero attached hydrogens (tertiary/aromatic N) is 1. The van der Waals surface area contributed by atoms with Gasteiger partial charge in [0.2, 0.25) is 0 Å². The summed E-state index contributed by atoms with van der Waals surface area (Å²) in [6, 6.07) is 1.69. The lowest BCUT2D eigenvalue weighted by Gasteiger charge is -1.84. The van der Waals surface area contributed by atoms with Gasteiger partial charge in [-0.15, -0.1) is 0 Å². The first kappa shape index (κ1) is 6.21. The summed E-state index contributed by atoms with van der Waals surface area (Å²) in [5.74, 6) is -0.686. The van der Waals surface area contributed by atoms with Crippen LogP contribution in [0.25, 0.3) is 0 Å². The zero-order valence-electron chi connectivity index (χ0n) is 4.80. The Balaban J connectivity index is 2.30. The number of ketones is 1. The lowest BCUT2D eigenvalue weighted by molar-refractivity contribution is -0.119. The van der Waals surface area contributed by atoms with Gasteiger partial charge in [0, 0.05) is 0 Å². The summed E-state index contributed by atoms with van der Waals surface area (Å²) in [6.07, 6.45) is -0.753. The van der Waals surface area contributed by atoms with Crippen LogP contribution in [0.3, 0.4) is 0 Å². The molecule has 0 heterocycles. The van der Waals surface area contributed by atoms with E-state index in [4.69, 9.17) is 5.26 Å². The van der Waals surface area contributed by atoms with Gasteiger partial charge >= 0.3 is 0 Å². The maximum atomic E-state index is 12.0. The van der Waals surface area contributed by atoms with Gasteiger partial charge in [-0.05, 0) is 6.42 Å². The molecule has 0 aromatic rings. The molecule has 48 valence electrons. The fourth-order valence-corrected chi connectivity index (χ4v) is 0.706. The molecule has 3 heteroatoms. The van der Waals surface area contributed by atoms with Gasteiger partial charge in [-0.3, -0.25) is 4.79 Å². The standard InChI is InChI=1S/C6H6FNO/c7-5-3-4(5)6(9)1-2-8/h4-5H,1,3H2. The van der Waals surface area contributed by atoms with Crippen LogP contribution in [-0.4, -0.2) is 12.0 Å². The first-order chi connectivity index (χ1) is 4.25. The van der Waals surface area contributed by atoms with E-state index in [1.54, 1.807) is 6.07 Å². The smallest absolute Gasteiger partial charge is 0.152 e. The Morgan fingerprint density at radius 1 is 1.89 bits per heavy atom. The molecule has 0 aromatic heterocycles. The van der Waals surface area contributed by atoms with Gasteiger partial charge < -0.3 is 0 Å². The van der Waals surface area contributed by atoms with Crippen molar-refractivity contribution in [3.8, 4) is 6.07 Å². The van der Waals surface area contributed by atoms with E-state index >= 15 is 0 Å². The number of Topliss-reactive ketones (excluding diaryl/α,β-unsaturated/α-hetero) is 1. The second-order valence-electron chi connectivity index (χ2n) is 2.16. The SMILES string of the molecule is N#CCC(=O)C1CC1F.